The second kappa shape index (κ2) is 8.78. The fraction of sp³-hybridized carbons (Fsp3) is 0.556. The minimum absolute atomic E-state index is 0.898. The Morgan fingerprint density at radius 3 is 2.90 bits per heavy atom. The zero-order valence-corrected chi connectivity index (χ0v) is 7.95. The number of unbranched alkanes of at least 4 members (excludes halogenated alkanes) is 2. The number of allylic oxidation sites excluding steroid dienone is 2. The van der Waals surface area contributed by atoms with Crippen LogP contribution < -0.4 is 0 Å². The highest BCUT2D eigenvalue weighted by Gasteiger charge is 1.73. The van der Waals surface area contributed by atoms with Crippen LogP contribution in [0, 0.1) is 11.8 Å². The van der Waals surface area contributed by atoms with E-state index in [9.17, 15) is 0 Å². The van der Waals surface area contributed by atoms with Gasteiger partial charge in [0.2, 0.25) is 0 Å². The van der Waals surface area contributed by atoms with E-state index in [4.69, 9.17) is 0 Å². The van der Waals surface area contributed by atoms with Crippen molar-refractivity contribution >= 4 is 15.9 Å². The van der Waals surface area contributed by atoms with Gasteiger partial charge in [-0.2, -0.15) is 0 Å². The van der Waals surface area contributed by atoms with E-state index in [-0.39, 0.29) is 0 Å². The van der Waals surface area contributed by atoms with Crippen molar-refractivity contribution in [2.24, 2.45) is 0 Å². The molecule has 0 aromatic carbocycles. The summed E-state index contributed by atoms with van der Waals surface area (Å²) in [7, 11) is 0. The summed E-state index contributed by atoms with van der Waals surface area (Å²) in [5, 5.41) is 0.898. The van der Waals surface area contributed by atoms with Gasteiger partial charge in [0.15, 0.2) is 0 Å². The third-order valence-corrected chi connectivity index (χ3v) is 1.42. The van der Waals surface area contributed by atoms with Crippen LogP contribution in [-0.2, 0) is 0 Å². The largest absolute Gasteiger partial charge is 0.0985 e. The van der Waals surface area contributed by atoms with Gasteiger partial charge in [0.25, 0.3) is 0 Å². The predicted molar refractivity (Wildman–Crippen MR) is 50.2 cm³/mol. The van der Waals surface area contributed by atoms with Crippen LogP contribution in [0.15, 0.2) is 12.2 Å². The summed E-state index contributed by atoms with van der Waals surface area (Å²) in [6.45, 7) is 2.18. The number of hydrogen-bond acceptors (Lipinski definition) is 0. The van der Waals surface area contributed by atoms with Crippen molar-refractivity contribution in [1.82, 2.24) is 0 Å². The van der Waals surface area contributed by atoms with E-state index < -0.39 is 0 Å². The molecule has 0 spiro atoms. The highest BCUT2D eigenvalue weighted by Crippen LogP contribution is 1.90. The minimum atomic E-state index is 0.898. The van der Waals surface area contributed by atoms with Crippen molar-refractivity contribution in [2.45, 2.75) is 26.2 Å². The first-order chi connectivity index (χ1) is 4.91. The Hall–Kier alpha value is -0.220. The van der Waals surface area contributed by atoms with E-state index in [1.807, 2.05) is 12.2 Å². The molecule has 0 rings (SSSR count). The van der Waals surface area contributed by atoms with E-state index in [1.54, 1.807) is 0 Å². The van der Waals surface area contributed by atoms with Crippen LogP contribution in [-0.4, -0.2) is 5.33 Å². The van der Waals surface area contributed by atoms with Crippen LogP contribution in [0.3, 0.4) is 0 Å². The number of halogens is 1. The van der Waals surface area contributed by atoms with Gasteiger partial charge in [0.05, 0.1) is 0 Å². The summed E-state index contributed by atoms with van der Waals surface area (Å²) in [4.78, 5) is 0. The molecule has 0 amide bonds. The van der Waals surface area contributed by atoms with Crippen molar-refractivity contribution < 1.29 is 0 Å². The lowest BCUT2D eigenvalue weighted by Crippen LogP contribution is -1.65. The summed E-state index contributed by atoms with van der Waals surface area (Å²) < 4.78 is 0. The Bertz CT molecular complexity index is 137. The standard InChI is InChI=1S/C9H13Br/c1-2-3-4-5-6-7-8-9-10/h7-8H,2-4,9H2,1H3/b8-7-. The lowest BCUT2D eigenvalue weighted by molar-refractivity contribution is 0.828. The zero-order valence-electron chi connectivity index (χ0n) is 6.36. The van der Waals surface area contributed by atoms with Gasteiger partial charge in [0.1, 0.15) is 0 Å². The molecule has 0 aliphatic rings. The third kappa shape index (κ3) is 7.78. The predicted octanol–water partition coefficient (Wildman–Crippen LogP) is 3.13. The Balaban J connectivity index is 3.22. The van der Waals surface area contributed by atoms with Crippen molar-refractivity contribution in [3.63, 3.8) is 0 Å². The lowest BCUT2D eigenvalue weighted by Gasteiger charge is -1.81. The molecule has 0 heterocycles. The maximum atomic E-state index is 3.28. The van der Waals surface area contributed by atoms with Gasteiger partial charge in [-0.15, -0.1) is 0 Å². The van der Waals surface area contributed by atoms with Gasteiger partial charge >= 0.3 is 0 Å². The van der Waals surface area contributed by atoms with E-state index in [2.05, 4.69) is 34.7 Å². The molecular weight excluding hydrogens is 188 g/mol. The van der Waals surface area contributed by atoms with Crippen LogP contribution >= 0.6 is 15.9 Å². The van der Waals surface area contributed by atoms with E-state index >= 15 is 0 Å². The molecule has 0 fully saturated rings. The van der Waals surface area contributed by atoms with Gasteiger partial charge in [0, 0.05) is 11.8 Å². The normalized spacial score (nSPS) is 9.40. The van der Waals surface area contributed by atoms with Gasteiger partial charge in [-0.1, -0.05) is 47.2 Å². The molecule has 0 nitrogen and oxygen atoms in total. The Kier molecular flexibility index (Phi) is 8.59. The molecule has 0 N–H and O–H groups in total. The summed E-state index contributed by atoms with van der Waals surface area (Å²) >= 11 is 3.28. The molecule has 0 aromatic rings. The van der Waals surface area contributed by atoms with Gasteiger partial charge in [-0.05, 0) is 12.5 Å². The molecule has 0 saturated heterocycles. The van der Waals surface area contributed by atoms with Gasteiger partial charge in [-0.25, -0.2) is 0 Å². The molecule has 0 aliphatic carbocycles. The molecule has 0 aromatic heterocycles. The highest BCUT2D eigenvalue weighted by molar-refractivity contribution is 9.09. The monoisotopic (exact) mass is 200 g/mol. The molecule has 0 aliphatic heterocycles. The SMILES string of the molecule is CCCCC#C/C=C\CBr. The quantitative estimate of drug-likeness (QED) is 0.374. The zero-order chi connectivity index (χ0) is 7.66. The number of hydrogen-bond donors (Lipinski definition) is 0. The summed E-state index contributed by atoms with van der Waals surface area (Å²) in [5.74, 6) is 6.02. The summed E-state index contributed by atoms with van der Waals surface area (Å²) in [6, 6.07) is 0. The average Bonchev–Trinajstić information content (AvgIpc) is 1.97. The van der Waals surface area contributed by atoms with Crippen molar-refractivity contribution in [3.8, 4) is 11.8 Å². The summed E-state index contributed by atoms with van der Waals surface area (Å²) in [5.41, 5.74) is 0. The van der Waals surface area contributed by atoms with Gasteiger partial charge < -0.3 is 0 Å². The Morgan fingerprint density at radius 1 is 1.50 bits per heavy atom. The molecule has 10 heavy (non-hydrogen) atoms. The van der Waals surface area contributed by atoms with E-state index in [0.717, 1.165) is 11.8 Å². The minimum Gasteiger partial charge on any atom is -0.0985 e. The number of rotatable bonds is 3. The summed E-state index contributed by atoms with van der Waals surface area (Å²) in [6.07, 6.45) is 7.37. The third-order valence-electron chi connectivity index (χ3n) is 1.05. The maximum Gasteiger partial charge on any atom is 0.0221 e. The molecule has 0 atom stereocenters. The smallest absolute Gasteiger partial charge is 0.0221 e. The van der Waals surface area contributed by atoms with E-state index in [0.29, 0.717) is 0 Å². The molecule has 0 radical (unpaired) electrons. The fourth-order valence-corrected chi connectivity index (χ4v) is 0.687. The molecule has 0 bridgehead atoms. The second-order valence-electron chi connectivity index (χ2n) is 1.98. The molecular formula is C9H13Br. The van der Waals surface area contributed by atoms with Crippen molar-refractivity contribution in [2.75, 3.05) is 5.33 Å². The van der Waals surface area contributed by atoms with E-state index in [1.165, 1.54) is 12.8 Å². The Morgan fingerprint density at radius 2 is 2.30 bits per heavy atom. The van der Waals surface area contributed by atoms with Crippen LogP contribution in [0.4, 0.5) is 0 Å². The van der Waals surface area contributed by atoms with Crippen LogP contribution in [0.5, 0.6) is 0 Å². The van der Waals surface area contributed by atoms with Crippen molar-refractivity contribution in [1.29, 1.82) is 0 Å². The molecule has 0 unspecified atom stereocenters. The average molecular weight is 201 g/mol. The van der Waals surface area contributed by atoms with Crippen LogP contribution in [0.25, 0.3) is 0 Å². The van der Waals surface area contributed by atoms with Crippen molar-refractivity contribution in [3.05, 3.63) is 12.2 Å². The highest BCUT2D eigenvalue weighted by atomic mass is 79.9. The second-order valence-corrected chi connectivity index (χ2v) is 2.63. The topological polar surface area (TPSA) is 0 Å². The van der Waals surface area contributed by atoms with Crippen LogP contribution in [0.2, 0.25) is 0 Å². The first kappa shape index (κ1) is 9.78. The molecule has 0 saturated carbocycles. The number of alkyl halides is 1. The fourth-order valence-electron chi connectivity index (χ4n) is 0.500. The first-order valence-electron chi connectivity index (χ1n) is 3.61. The van der Waals surface area contributed by atoms with Gasteiger partial charge in [-0.3, -0.25) is 0 Å². The Labute approximate surface area is 71.8 Å². The maximum absolute atomic E-state index is 3.28. The van der Waals surface area contributed by atoms with Crippen LogP contribution in [0.1, 0.15) is 26.2 Å². The lowest BCUT2D eigenvalue weighted by atomic mass is 10.2. The molecule has 1 heteroatoms. The molecule has 56 valence electrons. The first-order valence-corrected chi connectivity index (χ1v) is 4.73.